The molecule has 0 fully saturated rings. The van der Waals surface area contributed by atoms with Crippen LogP contribution in [-0.2, 0) is 0 Å². The van der Waals surface area contributed by atoms with Gasteiger partial charge >= 0.3 is 11.9 Å². The van der Waals surface area contributed by atoms with Crippen LogP contribution < -0.4 is 22.2 Å². The Morgan fingerprint density at radius 1 is 1.27 bits per heavy atom. The van der Waals surface area contributed by atoms with Crippen molar-refractivity contribution in [2.45, 2.75) is 0 Å². The fourth-order valence-electron chi connectivity index (χ4n) is 0.685. The van der Waals surface area contributed by atoms with Crippen LogP contribution in [0.2, 0.25) is 0 Å². The van der Waals surface area contributed by atoms with Gasteiger partial charge in [-0.1, -0.05) is 10.9 Å². The van der Waals surface area contributed by atoms with Gasteiger partial charge in [-0.25, -0.2) is 31.6 Å². The molecular formula is C2H5N9O4. The number of aromatic nitrogens is 3. The first-order chi connectivity index (χ1) is 7.02. The number of nitrogens with one attached hydrogen (secondary N) is 3. The standard InChI is InChI=1S/C2H5N9O4/c3-8-9-2(7-11(14)15)4-1(5-9)6-10(12)13/h8H,3H2,(H2,4,5,6,7). The van der Waals surface area contributed by atoms with Crippen LogP contribution in [0.4, 0.5) is 11.9 Å². The summed E-state index contributed by atoms with van der Waals surface area (Å²) in [6.45, 7) is 0. The zero-order valence-corrected chi connectivity index (χ0v) is 6.95. The van der Waals surface area contributed by atoms with Gasteiger partial charge in [0, 0.05) is 0 Å². The fourth-order valence-corrected chi connectivity index (χ4v) is 0.685. The number of hydrazine groups is 3. The molecule has 5 N–H and O–H groups in total. The van der Waals surface area contributed by atoms with Crippen LogP contribution in [0.1, 0.15) is 0 Å². The molecule has 0 unspecified atom stereocenters. The highest BCUT2D eigenvalue weighted by Gasteiger charge is 2.15. The van der Waals surface area contributed by atoms with Gasteiger partial charge < -0.3 is 0 Å². The van der Waals surface area contributed by atoms with Gasteiger partial charge in [0.2, 0.25) is 0 Å². The number of nitro groups is 2. The molecule has 0 aliphatic rings. The molecule has 1 heterocycles. The van der Waals surface area contributed by atoms with Crippen LogP contribution in [0.5, 0.6) is 0 Å². The monoisotopic (exact) mass is 219 g/mol. The predicted molar refractivity (Wildman–Crippen MR) is 44.8 cm³/mol. The molecule has 82 valence electrons. The Balaban J connectivity index is 2.89. The zero-order chi connectivity index (χ0) is 11.4. The molecule has 0 amide bonds. The summed E-state index contributed by atoms with van der Waals surface area (Å²) in [4.78, 5) is 24.1. The van der Waals surface area contributed by atoms with Crippen molar-refractivity contribution < 1.29 is 10.1 Å². The summed E-state index contributed by atoms with van der Waals surface area (Å²) in [5.74, 6) is 4.05. The number of nitrogen functional groups attached to an aromatic ring is 1. The van der Waals surface area contributed by atoms with Crippen molar-refractivity contribution in [1.29, 1.82) is 0 Å². The number of anilines is 2. The number of hydrogen-bond donors (Lipinski definition) is 4. The van der Waals surface area contributed by atoms with Crippen molar-refractivity contribution in [3.63, 3.8) is 0 Å². The maximum absolute atomic E-state index is 10.1. The number of nitrogens with zero attached hydrogens (tertiary/aromatic N) is 5. The van der Waals surface area contributed by atoms with Crippen molar-refractivity contribution in [3.05, 3.63) is 20.2 Å². The Kier molecular flexibility index (Phi) is 2.77. The molecule has 1 rings (SSSR count). The Labute approximate surface area is 80.4 Å². The second kappa shape index (κ2) is 4.01. The Bertz CT molecular complexity index is 383. The van der Waals surface area contributed by atoms with Crippen molar-refractivity contribution in [2.75, 3.05) is 16.4 Å². The average Bonchev–Trinajstić information content (AvgIpc) is 2.45. The topological polar surface area (TPSA) is 179 Å². The highest BCUT2D eigenvalue weighted by Crippen LogP contribution is 2.05. The van der Waals surface area contributed by atoms with Crippen LogP contribution in [0.25, 0.3) is 0 Å². The van der Waals surface area contributed by atoms with E-state index in [9.17, 15) is 20.2 Å². The molecule has 15 heavy (non-hydrogen) atoms. The van der Waals surface area contributed by atoms with E-state index < -0.39 is 22.0 Å². The lowest BCUT2D eigenvalue weighted by atomic mass is 11.0. The summed E-state index contributed by atoms with van der Waals surface area (Å²) in [7, 11) is 0. The van der Waals surface area contributed by atoms with Crippen LogP contribution in [0.3, 0.4) is 0 Å². The summed E-state index contributed by atoms with van der Waals surface area (Å²) in [5.41, 5.74) is 5.13. The molecule has 13 nitrogen and oxygen atoms in total. The van der Waals surface area contributed by atoms with Gasteiger partial charge in [-0.05, 0) is 0 Å². The van der Waals surface area contributed by atoms with E-state index in [1.807, 2.05) is 5.53 Å². The van der Waals surface area contributed by atoms with Crippen molar-refractivity contribution in [1.82, 2.24) is 14.9 Å². The largest absolute Gasteiger partial charge is 0.307 e. The Morgan fingerprint density at radius 3 is 2.33 bits per heavy atom. The SMILES string of the molecule is NNn1nc(N[N+](=O)[O-])nc1N[N+](=O)[O-]. The minimum Gasteiger partial charge on any atom is -0.242 e. The van der Waals surface area contributed by atoms with Crippen molar-refractivity contribution >= 4 is 11.9 Å². The molecule has 0 saturated heterocycles. The van der Waals surface area contributed by atoms with Gasteiger partial charge in [-0.15, -0.1) is 9.89 Å². The third kappa shape index (κ3) is 2.62. The molecule has 0 saturated carbocycles. The van der Waals surface area contributed by atoms with E-state index in [0.717, 1.165) is 0 Å². The Morgan fingerprint density at radius 2 is 1.87 bits per heavy atom. The lowest BCUT2D eigenvalue weighted by molar-refractivity contribution is -0.447. The molecule has 0 aliphatic carbocycles. The van der Waals surface area contributed by atoms with E-state index in [-0.39, 0.29) is 0 Å². The lowest BCUT2D eigenvalue weighted by Crippen LogP contribution is -2.26. The maximum atomic E-state index is 10.1. The minimum atomic E-state index is -0.924. The van der Waals surface area contributed by atoms with E-state index in [2.05, 4.69) is 10.1 Å². The molecule has 0 aromatic carbocycles. The average molecular weight is 219 g/mol. The van der Waals surface area contributed by atoms with E-state index in [1.165, 1.54) is 0 Å². The molecule has 0 atom stereocenters. The molecule has 0 aliphatic heterocycles. The van der Waals surface area contributed by atoms with Crippen molar-refractivity contribution in [3.8, 4) is 0 Å². The second-order valence-corrected chi connectivity index (χ2v) is 2.04. The van der Waals surface area contributed by atoms with Crippen LogP contribution >= 0.6 is 0 Å². The van der Waals surface area contributed by atoms with Gasteiger partial charge in [0.25, 0.3) is 0 Å². The molecule has 13 heteroatoms. The molecule has 1 aromatic heterocycles. The summed E-state index contributed by atoms with van der Waals surface area (Å²) < 4.78 is 0. The summed E-state index contributed by atoms with van der Waals surface area (Å²) in [5, 5.41) is 21.6. The quantitative estimate of drug-likeness (QED) is 0.243. The van der Waals surface area contributed by atoms with Gasteiger partial charge in [-0.3, -0.25) is 0 Å². The molecule has 0 radical (unpaired) electrons. The van der Waals surface area contributed by atoms with E-state index in [4.69, 9.17) is 5.84 Å². The third-order valence-corrected chi connectivity index (χ3v) is 1.11. The second-order valence-electron chi connectivity index (χ2n) is 2.04. The van der Waals surface area contributed by atoms with Gasteiger partial charge in [0.05, 0.1) is 0 Å². The molecular weight excluding hydrogens is 214 g/mol. The minimum absolute atomic E-state index is 0.410. The first-order valence-corrected chi connectivity index (χ1v) is 3.28. The summed E-state index contributed by atoms with van der Waals surface area (Å²) >= 11 is 0. The van der Waals surface area contributed by atoms with Crippen LogP contribution in [0.15, 0.2) is 0 Å². The Hall–Kier alpha value is -2.70. The van der Waals surface area contributed by atoms with Crippen LogP contribution in [0, 0.1) is 20.2 Å². The maximum Gasteiger partial charge on any atom is 0.307 e. The summed E-state index contributed by atoms with van der Waals surface area (Å²) in [6.07, 6.45) is 0. The first kappa shape index (κ1) is 10.4. The molecule has 0 spiro atoms. The van der Waals surface area contributed by atoms with Gasteiger partial charge in [-0.2, -0.15) is 4.98 Å². The van der Waals surface area contributed by atoms with E-state index >= 15 is 0 Å². The highest BCUT2D eigenvalue weighted by molar-refractivity contribution is 5.31. The predicted octanol–water partition coefficient (Wildman–Crippen LogP) is -2.10. The zero-order valence-electron chi connectivity index (χ0n) is 6.95. The fraction of sp³-hybridized carbons (Fsp3) is 0. The van der Waals surface area contributed by atoms with Gasteiger partial charge in [0.15, 0.2) is 10.1 Å². The normalized spacial score (nSPS) is 9.40. The van der Waals surface area contributed by atoms with E-state index in [1.54, 1.807) is 10.9 Å². The number of rotatable bonds is 5. The highest BCUT2D eigenvalue weighted by atomic mass is 16.7. The molecule has 1 aromatic rings. The number of nitrogens with two attached hydrogens (primary N) is 1. The third-order valence-electron chi connectivity index (χ3n) is 1.11. The molecule has 0 bridgehead atoms. The van der Waals surface area contributed by atoms with Gasteiger partial charge in [0.1, 0.15) is 0 Å². The van der Waals surface area contributed by atoms with E-state index in [0.29, 0.717) is 4.79 Å². The van der Waals surface area contributed by atoms with Crippen molar-refractivity contribution in [2.24, 2.45) is 5.84 Å². The lowest BCUT2D eigenvalue weighted by Gasteiger charge is -1.98. The first-order valence-electron chi connectivity index (χ1n) is 3.28. The summed E-state index contributed by atoms with van der Waals surface area (Å²) in [6, 6.07) is 0. The number of hydrogen-bond acceptors (Lipinski definition) is 8. The smallest absolute Gasteiger partial charge is 0.242 e. The van der Waals surface area contributed by atoms with Crippen LogP contribution in [-0.4, -0.2) is 24.9 Å².